The van der Waals surface area contributed by atoms with Crippen LogP contribution in [-0.2, 0) is 17.8 Å². The van der Waals surface area contributed by atoms with Crippen LogP contribution in [0.3, 0.4) is 0 Å². The Morgan fingerprint density at radius 2 is 1.85 bits per heavy atom. The number of piperidine rings is 1. The van der Waals surface area contributed by atoms with Crippen molar-refractivity contribution in [2.24, 2.45) is 11.1 Å². The van der Waals surface area contributed by atoms with Crippen molar-refractivity contribution < 1.29 is 14.3 Å². The molecule has 172 valence electrons. The molecule has 0 radical (unpaired) electrons. The van der Waals surface area contributed by atoms with Crippen LogP contribution in [0.5, 0.6) is 11.5 Å². The number of nitrogens with two attached hydrogens (primary N) is 1. The zero-order valence-corrected chi connectivity index (χ0v) is 19.2. The van der Waals surface area contributed by atoms with E-state index in [9.17, 15) is 4.79 Å². The molecule has 1 amide bonds. The fourth-order valence-electron chi connectivity index (χ4n) is 4.79. The van der Waals surface area contributed by atoms with Gasteiger partial charge in [-0.3, -0.25) is 9.69 Å². The maximum absolute atomic E-state index is 12.8. The minimum atomic E-state index is -0.638. The number of methoxy groups -OCH3 is 2. The lowest BCUT2D eigenvalue weighted by atomic mass is 9.73. The van der Waals surface area contributed by atoms with E-state index in [1.807, 2.05) is 36.4 Å². The molecule has 0 bridgehead atoms. The van der Waals surface area contributed by atoms with Gasteiger partial charge in [0, 0.05) is 31.0 Å². The number of likely N-dealkylation sites (tertiary alicyclic amines) is 1. The second-order valence-corrected chi connectivity index (χ2v) is 8.61. The zero-order chi connectivity index (χ0) is 23.3. The summed E-state index contributed by atoms with van der Waals surface area (Å²) in [5, 5.41) is 0. The van der Waals surface area contributed by atoms with Crippen LogP contribution < -0.4 is 15.2 Å². The highest BCUT2D eigenvalue weighted by molar-refractivity contribution is 5.82. The van der Waals surface area contributed by atoms with Crippen molar-refractivity contribution in [2.45, 2.75) is 25.8 Å². The second-order valence-electron chi connectivity index (χ2n) is 8.61. The highest BCUT2D eigenvalue weighted by atomic mass is 16.5. The van der Waals surface area contributed by atoms with Crippen LogP contribution in [0.2, 0.25) is 0 Å². The molecular weight excluding hydrogens is 416 g/mol. The molecule has 1 unspecified atom stereocenters. The van der Waals surface area contributed by atoms with Crippen molar-refractivity contribution in [1.29, 1.82) is 0 Å². The first-order valence-electron chi connectivity index (χ1n) is 11.1. The summed E-state index contributed by atoms with van der Waals surface area (Å²) in [6.07, 6.45) is 7.37. The van der Waals surface area contributed by atoms with E-state index in [0.717, 1.165) is 41.6 Å². The maximum Gasteiger partial charge on any atom is 0.225 e. The summed E-state index contributed by atoms with van der Waals surface area (Å²) in [4.78, 5) is 23.5. The number of hydrogen-bond donors (Lipinski definition) is 1. The molecule has 1 atom stereocenters. The lowest BCUT2D eigenvalue weighted by Gasteiger charge is -2.41. The van der Waals surface area contributed by atoms with Crippen LogP contribution in [0.15, 0.2) is 61.2 Å². The third-order valence-electron chi connectivity index (χ3n) is 6.45. The number of hydrogen-bond acceptors (Lipinski definition) is 6. The molecule has 4 rings (SSSR count). The number of carbonyl (C=O) groups is 1. The van der Waals surface area contributed by atoms with E-state index in [-0.39, 0.29) is 5.91 Å². The minimum Gasteiger partial charge on any atom is -0.493 e. The highest BCUT2D eigenvalue weighted by Gasteiger charge is 2.41. The molecule has 1 aromatic heterocycles. The monoisotopic (exact) mass is 446 g/mol. The molecular formula is C26H30N4O3. The Bertz CT molecular complexity index is 1110. The van der Waals surface area contributed by atoms with Crippen LogP contribution in [0.4, 0.5) is 0 Å². The Kier molecular flexibility index (Phi) is 6.89. The number of carbonyl (C=O) groups excluding carboxylic acids is 1. The van der Waals surface area contributed by atoms with Gasteiger partial charge in [0.2, 0.25) is 5.91 Å². The van der Waals surface area contributed by atoms with Crippen molar-refractivity contribution >= 4 is 5.91 Å². The predicted octanol–water partition coefficient (Wildman–Crippen LogP) is 3.47. The number of aromatic nitrogens is 2. The summed E-state index contributed by atoms with van der Waals surface area (Å²) in [6, 6.07) is 14.1. The Labute approximate surface area is 194 Å². The van der Waals surface area contributed by atoms with E-state index < -0.39 is 5.41 Å². The molecule has 2 N–H and O–H groups in total. The first-order valence-corrected chi connectivity index (χ1v) is 11.1. The van der Waals surface area contributed by atoms with Gasteiger partial charge in [-0.05, 0) is 54.6 Å². The van der Waals surface area contributed by atoms with Gasteiger partial charge in [-0.15, -0.1) is 0 Å². The molecule has 7 nitrogen and oxygen atoms in total. The van der Waals surface area contributed by atoms with Crippen LogP contribution >= 0.6 is 0 Å². The Balaban J connectivity index is 1.58. The van der Waals surface area contributed by atoms with E-state index in [1.165, 1.54) is 6.33 Å². The topological polar surface area (TPSA) is 90.6 Å². The van der Waals surface area contributed by atoms with Crippen molar-refractivity contribution in [1.82, 2.24) is 14.9 Å². The lowest BCUT2D eigenvalue weighted by molar-refractivity contribution is -0.131. The van der Waals surface area contributed by atoms with E-state index >= 15 is 0 Å². The van der Waals surface area contributed by atoms with E-state index in [0.29, 0.717) is 31.0 Å². The Morgan fingerprint density at radius 3 is 2.58 bits per heavy atom. The Hall–Kier alpha value is -3.45. The summed E-state index contributed by atoms with van der Waals surface area (Å²) in [6.45, 7) is 2.23. The summed E-state index contributed by atoms with van der Waals surface area (Å²) < 4.78 is 10.8. The first-order chi connectivity index (χ1) is 16.0. The smallest absolute Gasteiger partial charge is 0.225 e. The van der Waals surface area contributed by atoms with Crippen molar-refractivity contribution in [3.8, 4) is 22.6 Å². The third-order valence-corrected chi connectivity index (χ3v) is 6.45. The SMILES string of the molecule is COc1ccc(CN2CCCC(Cc3ccccc3-c3cncnc3)(C(N)=O)C2)cc1OC. The molecule has 2 heterocycles. The number of ether oxygens (including phenoxy) is 2. The average Bonchev–Trinajstić information content (AvgIpc) is 2.85. The quantitative estimate of drug-likeness (QED) is 0.570. The van der Waals surface area contributed by atoms with Crippen LogP contribution in [0.25, 0.3) is 11.1 Å². The van der Waals surface area contributed by atoms with E-state index in [1.54, 1.807) is 26.6 Å². The van der Waals surface area contributed by atoms with Gasteiger partial charge < -0.3 is 15.2 Å². The van der Waals surface area contributed by atoms with E-state index in [4.69, 9.17) is 15.2 Å². The van der Waals surface area contributed by atoms with Gasteiger partial charge in [0.15, 0.2) is 11.5 Å². The molecule has 0 saturated carbocycles. The molecule has 0 aliphatic carbocycles. The molecule has 1 saturated heterocycles. The molecule has 0 spiro atoms. The maximum atomic E-state index is 12.8. The number of primary amides is 1. The van der Waals surface area contributed by atoms with Crippen LogP contribution in [-0.4, -0.2) is 48.1 Å². The average molecular weight is 447 g/mol. The fraction of sp³-hybridized carbons (Fsp3) is 0.346. The second kappa shape index (κ2) is 10.0. The predicted molar refractivity (Wildman–Crippen MR) is 127 cm³/mol. The van der Waals surface area contributed by atoms with Gasteiger partial charge in [0.25, 0.3) is 0 Å². The van der Waals surface area contributed by atoms with Gasteiger partial charge in [-0.1, -0.05) is 30.3 Å². The van der Waals surface area contributed by atoms with Gasteiger partial charge in [-0.25, -0.2) is 9.97 Å². The molecule has 7 heteroatoms. The highest BCUT2D eigenvalue weighted by Crippen LogP contribution is 2.37. The van der Waals surface area contributed by atoms with E-state index in [2.05, 4.69) is 20.9 Å². The molecule has 2 aromatic carbocycles. The molecule has 33 heavy (non-hydrogen) atoms. The first kappa shape index (κ1) is 22.7. The largest absolute Gasteiger partial charge is 0.493 e. The summed E-state index contributed by atoms with van der Waals surface area (Å²) in [5.74, 6) is 1.15. The number of benzene rings is 2. The molecule has 3 aromatic rings. The van der Waals surface area contributed by atoms with Crippen molar-refractivity contribution in [2.75, 3.05) is 27.3 Å². The molecule has 1 aliphatic rings. The lowest BCUT2D eigenvalue weighted by Crippen LogP contribution is -2.51. The number of amides is 1. The van der Waals surface area contributed by atoms with Gasteiger partial charge >= 0.3 is 0 Å². The fourth-order valence-corrected chi connectivity index (χ4v) is 4.79. The summed E-state index contributed by atoms with van der Waals surface area (Å²) in [5.41, 5.74) is 9.58. The minimum absolute atomic E-state index is 0.251. The standard InChI is InChI=1S/C26H30N4O3/c1-32-23-9-8-19(12-24(23)33-2)16-30-11-5-10-26(17-30,25(27)31)13-20-6-3-4-7-22(20)21-14-28-18-29-15-21/h3-4,6-9,12,14-15,18H,5,10-11,13,16-17H2,1-2H3,(H2,27,31). The summed E-state index contributed by atoms with van der Waals surface area (Å²) >= 11 is 0. The number of rotatable bonds is 8. The van der Waals surface area contributed by atoms with Crippen molar-refractivity contribution in [3.63, 3.8) is 0 Å². The summed E-state index contributed by atoms with van der Waals surface area (Å²) in [7, 11) is 3.26. The zero-order valence-electron chi connectivity index (χ0n) is 19.2. The molecule has 1 aliphatic heterocycles. The van der Waals surface area contributed by atoms with Gasteiger partial charge in [-0.2, -0.15) is 0 Å². The normalized spacial score (nSPS) is 18.6. The van der Waals surface area contributed by atoms with Crippen LogP contribution in [0, 0.1) is 5.41 Å². The third kappa shape index (κ3) is 4.98. The Morgan fingerprint density at radius 1 is 1.09 bits per heavy atom. The van der Waals surface area contributed by atoms with Gasteiger partial charge in [0.1, 0.15) is 6.33 Å². The molecule has 1 fully saturated rings. The van der Waals surface area contributed by atoms with Crippen molar-refractivity contribution in [3.05, 3.63) is 72.3 Å². The number of nitrogens with zero attached hydrogens (tertiary/aromatic N) is 3. The van der Waals surface area contributed by atoms with Gasteiger partial charge in [0.05, 0.1) is 19.6 Å². The van der Waals surface area contributed by atoms with Crippen LogP contribution in [0.1, 0.15) is 24.0 Å².